The summed E-state index contributed by atoms with van der Waals surface area (Å²) < 4.78 is 0. The fraction of sp³-hybridized carbons (Fsp3) is 0.556. The molecular weight excluding hydrogens is 150 g/mol. The quantitative estimate of drug-likeness (QED) is 0.728. The van der Waals surface area contributed by atoms with E-state index in [0.29, 0.717) is 11.9 Å². The van der Waals surface area contributed by atoms with Crippen molar-refractivity contribution in [3.63, 3.8) is 0 Å². The Morgan fingerprint density at radius 2 is 2.17 bits per heavy atom. The molecule has 1 heterocycles. The molecule has 66 valence electrons. The van der Waals surface area contributed by atoms with Crippen molar-refractivity contribution in [2.24, 2.45) is 0 Å². The lowest BCUT2D eigenvalue weighted by molar-refractivity contribution is 0.704. The van der Waals surface area contributed by atoms with Crippen molar-refractivity contribution in [3.8, 4) is 0 Å². The molecule has 0 spiro atoms. The van der Waals surface area contributed by atoms with Crippen LogP contribution in [0.4, 0.5) is 5.95 Å². The van der Waals surface area contributed by atoms with Crippen LogP contribution in [0, 0.1) is 6.92 Å². The minimum absolute atomic E-state index is 0.380. The summed E-state index contributed by atoms with van der Waals surface area (Å²) >= 11 is 0. The lowest BCUT2D eigenvalue weighted by Crippen LogP contribution is -2.03. The molecule has 0 bridgehead atoms. The van der Waals surface area contributed by atoms with Crippen molar-refractivity contribution in [1.82, 2.24) is 9.97 Å². The summed E-state index contributed by atoms with van der Waals surface area (Å²) in [6.07, 6.45) is 1.08. The molecule has 1 aromatic heterocycles. The van der Waals surface area contributed by atoms with Gasteiger partial charge in [0.05, 0.1) is 0 Å². The minimum Gasteiger partial charge on any atom is -0.368 e. The molecule has 3 nitrogen and oxygen atoms in total. The Balaban J connectivity index is 3.00. The van der Waals surface area contributed by atoms with Gasteiger partial charge in [0.15, 0.2) is 0 Å². The van der Waals surface area contributed by atoms with Crippen LogP contribution in [-0.2, 0) is 0 Å². The van der Waals surface area contributed by atoms with Crippen molar-refractivity contribution < 1.29 is 0 Å². The number of nitrogens with zero attached hydrogens (tertiary/aromatic N) is 2. The molecular formula is C9H15N3. The van der Waals surface area contributed by atoms with Gasteiger partial charge in [-0.05, 0) is 25.3 Å². The summed E-state index contributed by atoms with van der Waals surface area (Å²) in [5.74, 6) is 0.847. The van der Waals surface area contributed by atoms with Gasteiger partial charge in [0.25, 0.3) is 0 Å². The standard InChI is InChI=1S/C9H15N3/c1-4-6(2)8-5-7(3)11-9(10)12-8/h5-6H,4H2,1-3H3,(H2,10,11,12). The Morgan fingerprint density at radius 3 is 2.67 bits per heavy atom. The van der Waals surface area contributed by atoms with Crippen molar-refractivity contribution >= 4 is 5.95 Å². The number of hydrogen-bond acceptors (Lipinski definition) is 3. The van der Waals surface area contributed by atoms with E-state index in [1.54, 1.807) is 0 Å². The van der Waals surface area contributed by atoms with E-state index >= 15 is 0 Å². The van der Waals surface area contributed by atoms with Gasteiger partial charge in [-0.15, -0.1) is 0 Å². The zero-order valence-corrected chi connectivity index (χ0v) is 7.83. The molecule has 12 heavy (non-hydrogen) atoms. The summed E-state index contributed by atoms with van der Waals surface area (Å²) in [6, 6.07) is 1.99. The van der Waals surface area contributed by atoms with E-state index in [-0.39, 0.29) is 0 Å². The van der Waals surface area contributed by atoms with Gasteiger partial charge < -0.3 is 5.73 Å². The minimum atomic E-state index is 0.380. The maximum atomic E-state index is 5.53. The van der Waals surface area contributed by atoms with E-state index in [2.05, 4.69) is 23.8 Å². The lowest BCUT2D eigenvalue weighted by atomic mass is 10.0. The van der Waals surface area contributed by atoms with Crippen LogP contribution in [0.15, 0.2) is 6.07 Å². The Bertz CT molecular complexity index is 250. The summed E-state index contributed by atoms with van der Waals surface area (Å²) in [4.78, 5) is 8.19. The Kier molecular flexibility index (Phi) is 2.63. The second-order valence-electron chi connectivity index (χ2n) is 3.10. The highest BCUT2D eigenvalue weighted by Gasteiger charge is 2.05. The second-order valence-corrected chi connectivity index (χ2v) is 3.10. The summed E-state index contributed by atoms with van der Waals surface area (Å²) in [5.41, 5.74) is 7.52. The molecule has 0 aliphatic rings. The molecule has 0 aliphatic carbocycles. The van der Waals surface area contributed by atoms with E-state index in [1.165, 1.54) is 0 Å². The fourth-order valence-corrected chi connectivity index (χ4v) is 1.08. The molecule has 0 fully saturated rings. The van der Waals surface area contributed by atoms with Crippen molar-refractivity contribution in [1.29, 1.82) is 0 Å². The van der Waals surface area contributed by atoms with Gasteiger partial charge in [-0.3, -0.25) is 0 Å². The highest BCUT2D eigenvalue weighted by molar-refractivity contribution is 5.23. The average molecular weight is 165 g/mol. The average Bonchev–Trinajstić information content (AvgIpc) is 2.01. The Hall–Kier alpha value is -1.12. The normalized spacial score (nSPS) is 12.9. The summed E-state index contributed by atoms with van der Waals surface area (Å²) in [5, 5.41) is 0. The number of aromatic nitrogens is 2. The maximum absolute atomic E-state index is 5.53. The van der Waals surface area contributed by atoms with Crippen LogP contribution < -0.4 is 5.73 Å². The Labute approximate surface area is 73.0 Å². The van der Waals surface area contributed by atoms with Crippen molar-refractivity contribution in [3.05, 3.63) is 17.5 Å². The molecule has 0 saturated carbocycles. The third-order valence-corrected chi connectivity index (χ3v) is 2.01. The molecule has 1 aromatic rings. The van der Waals surface area contributed by atoms with Crippen LogP contribution in [0.25, 0.3) is 0 Å². The first-order chi connectivity index (χ1) is 5.63. The largest absolute Gasteiger partial charge is 0.368 e. The van der Waals surface area contributed by atoms with Gasteiger partial charge in [-0.25, -0.2) is 9.97 Å². The van der Waals surface area contributed by atoms with E-state index in [0.717, 1.165) is 17.8 Å². The summed E-state index contributed by atoms with van der Waals surface area (Å²) in [7, 11) is 0. The number of aryl methyl sites for hydroxylation is 1. The summed E-state index contributed by atoms with van der Waals surface area (Å²) in [6.45, 7) is 6.21. The van der Waals surface area contributed by atoms with E-state index in [1.807, 2.05) is 13.0 Å². The first kappa shape index (κ1) is 8.97. The topological polar surface area (TPSA) is 51.8 Å². The van der Waals surface area contributed by atoms with Gasteiger partial charge in [0.2, 0.25) is 5.95 Å². The predicted octanol–water partition coefficient (Wildman–Crippen LogP) is 1.88. The third kappa shape index (κ3) is 1.94. The number of nitrogen functional groups attached to an aromatic ring is 1. The molecule has 0 aliphatic heterocycles. The van der Waals surface area contributed by atoms with Crippen LogP contribution in [0.5, 0.6) is 0 Å². The molecule has 0 amide bonds. The van der Waals surface area contributed by atoms with Crippen LogP contribution in [-0.4, -0.2) is 9.97 Å². The number of hydrogen-bond donors (Lipinski definition) is 1. The molecule has 3 heteroatoms. The smallest absolute Gasteiger partial charge is 0.220 e. The van der Waals surface area contributed by atoms with Gasteiger partial charge >= 0.3 is 0 Å². The fourth-order valence-electron chi connectivity index (χ4n) is 1.08. The highest BCUT2D eigenvalue weighted by atomic mass is 15.0. The van der Waals surface area contributed by atoms with Crippen molar-refractivity contribution in [2.75, 3.05) is 5.73 Å². The van der Waals surface area contributed by atoms with Gasteiger partial charge in [0.1, 0.15) is 0 Å². The zero-order valence-electron chi connectivity index (χ0n) is 7.83. The highest BCUT2D eigenvalue weighted by Crippen LogP contribution is 2.17. The monoisotopic (exact) mass is 165 g/mol. The van der Waals surface area contributed by atoms with E-state index in [9.17, 15) is 0 Å². The first-order valence-corrected chi connectivity index (χ1v) is 4.24. The predicted molar refractivity (Wildman–Crippen MR) is 49.9 cm³/mol. The molecule has 1 rings (SSSR count). The lowest BCUT2D eigenvalue weighted by Gasteiger charge is -2.08. The molecule has 0 radical (unpaired) electrons. The third-order valence-electron chi connectivity index (χ3n) is 2.01. The van der Waals surface area contributed by atoms with Gasteiger partial charge in [-0.1, -0.05) is 13.8 Å². The molecule has 1 unspecified atom stereocenters. The van der Waals surface area contributed by atoms with E-state index in [4.69, 9.17) is 5.73 Å². The molecule has 2 N–H and O–H groups in total. The number of rotatable bonds is 2. The number of anilines is 1. The van der Waals surface area contributed by atoms with E-state index < -0.39 is 0 Å². The zero-order chi connectivity index (χ0) is 9.14. The first-order valence-electron chi connectivity index (χ1n) is 4.24. The van der Waals surface area contributed by atoms with Crippen LogP contribution in [0.3, 0.4) is 0 Å². The maximum Gasteiger partial charge on any atom is 0.220 e. The number of nitrogens with two attached hydrogens (primary N) is 1. The Morgan fingerprint density at radius 1 is 1.50 bits per heavy atom. The molecule has 0 saturated heterocycles. The van der Waals surface area contributed by atoms with Gasteiger partial charge in [-0.2, -0.15) is 0 Å². The molecule has 1 atom stereocenters. The van der Waals surface area contributed by atoms with Crippen LogP contribution >= 0.6 is 0 Å². The van der Waals surface area contributed by atoms with Crippen LogP contribution in [0.1, 0.15) is 37.6 Å². The SMILES string of the molecule is CCC(C)c1cc(C)nc(N)n1. The van der Waals surface area contributed by atoms with Gasteiger partial charge in [0, 0.05) is 11.4 Å². The second kappa shape index (κ2) is 3.52. The van der Waals surface area contributed by atoms with Crippen LogP contribution in [0.2, 0.25) is 0 Å². The molecule has 0 aromatic carbocycles. The van der Waals surface area contributed by atoms with Crippen molar-refractivity contribution in [2.45, 2.75) is 33.1 Å².